The summed E-state index contributed by atoms with van der Waals surface area (Å²) in [6.45, 7) is 7.29. The lowest BCUT2D eigenvalue weighted by molar-refractivity contribution is 0.422. The van der Waals surface area contributed by atoms with Crippen molar-refractivity contribution in [1.82, 2.24) is 5.32 Å². The number of benzene rings is 1. The Kier molecular flexibility index (Phi) is 5.19. The largest absolute Gasteiger partial charge is 0.468 e. The van der Waals surface area contributed by atoms with E-state index in [0.717, 1.165) is 28.0 Å². The van der Waals surface area contributed by atoms with Gasteiger partial charge in [-0.15, -0.1) is 11.8 Å². The topological polar surface area (TPSA) is 25.2 Å². The molecule has 108 valence electrons. The van der Waals surface area contributed by atoms with Gasteiger partial charge in [0.05, 0.1) is 17.0 Å². The lowest BCUT2D eigenvalue weighted by atomic mass is 10.1. The van der Waals surface area contributed by atoms with Crippen LogP contribution >= 0.6 is 23.4 Å². The van der Waals surface area contributed by atoms with Gasteiger partial charge in [-0.1, -0.05) is 23.7 Å². The second-order valence-corrected chi connectivity index (χ2v) is 7.09. The van der Waals surface area contributed by atoms with E-state index in [9.17, 15) is 0 Å². The van der Waals surface area contributed by atoms with E-state index in [1.165, 1.54) is 5.56 Å². The van der Waals surface area contributed by atoms with E-state index in [4.69, 9.17) is 16.0 Å². The van der Waals surface area contributed by atoms with Crippen LogP contribution in [0.5, 0.6) is 0 Å². The molecule has 0 saturated carbocycles. The Labute approximate surface area is 129 Å². The van der Waals surface area contributed by atoms with Crippen molar-refractivity contribution in [2.24, 2.45) is 0 Å². The highest BCUT2D eigenvalue weighted by Gasteiger charge is 2.13. The zero-order valence-corrected chi connectivity index (χ0v) is 13.6. The van der Waals surface area contributed by atoms with Crippen LogP contribution in [0.2, 0.25) is 5.02 Å². The zero-order chi connectivity index (χ0) is 14.6. The standard InChI is InChI=1S/C16H20ClNOS/c1-16(2,3)18-10-12-6-4-8-14(17)15(12)20-11-13-7-5-9-19-13/h4-9,18H,10-11H2,1-3H3. The third-order valence-corrected chi connectivity index (χ3v) is 4.42. The molecule has 1 aromatic heterocycles. The van der Waals surface area contributed by atoms with Gasteiger partial charge in [0.2, 0.25) is 0 Å². The molecule has 2 rings (SSSR count). The second kappa shape index (κ2) is 6.70. The van der Waals surface area contributed by atoms with Crippen molar-refractivity contribution in [3.05, 3.63) is 52.9 Å². The molecular weight excluding hydrogens is 290 g/mol. The Morgan fingerprint density at radius 3 is 2.65 bits per heavy atom. The highest BCUT2D eigenvalue weighted by molar-refractivity contribution is 7.98. The molecule has 0 unspecified atom stereocenters. The van der Waals surface area contributed by atoms with E-state index in [1.807, 2.05) is 24.3 Å². The van der Waals surface area contributed by atoms with Gasteiger partial charge in [-0.2, -0.15) is 0 Å². The zero-order valence-electron chi connectivity index (χ0n) is 12.1. The summed E-state index contributed by atoms with van der Waals surface area (Å²) in [4.78, 5) is 1.13. The quantitative estimate of drug-likeness (QED) is 0.777. The van der Waals surface area contributed by atoms with Gasteiger partial charge in [-0.25, -0.2) is 0 Å². The number of thioether (sulfide) groups is 1. The smallest absolute Gasteiger partial charge is 0.113 e. The highest BCUT2D eigenvalue weighted by atomic mass is 35.5. The predicted octanol–water partition coefficient (Wildman–Crippen LogP) is 5.11. The summed E-state index contributed by atoms with van der Waals surface area (Å²) >= 11 is 8.06. The maximum atomic E-state index is 6.34. The Balaban J connectivity index is 2.09. The summed E-state index contributed by atoms with van der Waals surface area (Å²) in [5.74, 6) is 1.75. The fourth-order valence-electron chi connectivity index (χ4n) is 1.75. The number of nitrogens with one attached hydrogen (secondary N) is 1. The summed E-state index contributed by atoms with van der Waals surface area (Å²) in [7, 11) is 0. The molecule has 4 heteroatoms. The summed E-state index contributed by atoms with van der Waals surface area (Å²) in [6, 6.07) is 9.95. The first kappa shape index (κ1) is 15.5. The molecule has 0 amide bonds. The molecule has 1 heterocycles. The van der Waals surface area contributed by atoms with Gasteiger partial charge in [0, 0.05) is 17.0 Å². The van der Waals surface area contributed by atoms with E-state index in [-0.39, 0.29) is 5.54 Å². The summed E-state index contributed by atoms with van der Waals surface area (Å²) in [6.07, 6.45) is 1.70. The molecule has 20 heavy (non-hydrogen) atoms. The van der Waals surface area contributed by atoms with Crippen molar-refractivity contribution in [3.8, 4) is 0 Å². The molecule has 0 aliphatic carbocycles. The number of hydrogen-bond donors (Lipinski definition) is 1. The van der Waals surface area contributed by atoms with Gasteiger partial charge < -0.3 is 9.73 Å². The number of rotatable bonds is 5. The summed E-state index contributed by atoms with van der Waals surface area (Å²) < 4.78 is 5.37. The molecule has 0 bridgehead atoms. The maximum Gasteiger partial charge on any atom is 0.113 e. The number of hydrogen-bond acceptors (Lipinski definition) is 3. The molecule has 0 fully saturated rings. The van der Waals surface area contributed by atoms with Crippen LogP contribution in [0.4, 0.5) is 0 Å². The molecule has 0 aliphatic heterocycles. The first-order chi connectivity index (χ1) is 9.46. The van der Waals surface area contributed by atoms with Crippen LogP contribution in [0.1, 0.15) is 32.1 Å². The average molecular weight is 310 g/mol. The van der Waals surface area contributed by atoms with Crippen LogP contribution in [-0.4, -0.2) is 5.54 Å². The normalized spacial score (nSPS) is 11.8. The highest BCUT2D eigenvalue weighted by Crippen LogP contribution is 2.33. The van der Waals surface area contributed by atoms with Gasteiger partial charge in [0.15, 0.2) is 0 Å². The lowest BCUT2D eigenvalue weighted by Gasteiger charge is -2.21. The molecule has 1 N–H and O–H groups in total. The van der Waals surface area contributed by atoms with Gasteiger partial charge in [0.25, 0.3) is 0 Å². The van der Waals surface area contributed by atoms with Crippen molar-refractivity contribution < 1.29 is 4.42 Å². The van der Waals surface area contributed by atoms with Crippen LogP contribution in [-0.2, 0) is 12.3 Å². The van der Waals surface area contributed by atoms with Crippen molar-refractivity contribution in [2.45, 2.75) is 43.5 Å². The lowest BCUT2D eigenvalue weighted by Crippen LogP contribution is -2.35. The van der Waals surface area contributed by atoms with Crippen LogP contribution in [0.3, 0.4) is 0 Å². The first-order valence-electron chi connectivity index (χ1n) is 6.63. The van der Waals surface area contributed by atoms with E-state index in [0.29, 0.717) is 0 Å². The van der Waals surface area contributed by atoms with Crippen molar-refractivity contribution in [1.29, 1.82) is 0 Å². The Bertz CT molecular complexity index is 546. The van der Waals surface area contributed by atoms with E-state index >= 15 is 0 Å². The minimum atomic E-state index is 0.0886. The molecule has 1 aromatic carbocycles. The third-order valence-electron chi connectivity index (χ3n) is 2.80. The molecule has 0 atom stereocenters. The Hall–Kier alpha value is -0.900. The maximum absolute atomic E-state index is 6.34. The minimum Gasteiger partial charge on any atom is -0.468 e. The Morgan fingerprint density at radius 1 is 1.20 bits per heavy atom. The van der Waals surface area contributed by atoms with Crippen molar-refractivity contribution in [3.63, 3.8) is 0 Å². The van der Waals surface area contributed by atoms with Gasteiger partial charge in [-0.3, -0.25) is 0 Å². The summed E-state index contributed by atoms with van der Waals surface area (Å²) in [5, 5.41) is 4.30. The van der Waals surface area contributed by atoms with Gasteiger partial charge >= 0.3 is 0 Å². The van der Waals surface area contributed by atoms with Crippen LogP contribution < -0.4 is 5.32 Å². The molecule has 0 aliphatic rings. The molecule has 0 saturated heterocycles. The number of halogens is 1. The second-order valence-electron chi connectivity index (χ2n) is 5.70. The van der Waals surface area contributed by atoms with Crippen LogP contribution in [0.25, 0.3) is 0 Å². The molecule has 2 aromatic rings. The van der Waals surface area contributed by atoms with Gasteiger partial charge in [-0.05, 0) is 44.5 Å². The van der Waals surface area contributed by atoms with E-state index in [2.05, 4.69) is 32.2 Å². The fraction of sp³-hybridized carbons (Fsp3) is 0.375. The molecule has 2 nitrogen and oxygen atoms in total. The molecule has 0 radical (unpaired) electrons. The number of furan rings is 1. The van der Waals surface area contributed by atoms with Gasteiger partial charge in [0.1, 0.15) is 5.76 Å². The van der Waals surface area contributed by atoms with Crippen molar-refractivity contribution in [2.75, 3.05) is 0 Å². The fourth-order valence-corrected chi connectivity index (χ4v) is 3.09. The SMILES string of the molecule is CC(C)(C)NCc1cccc(Cl)c1SCc1ccco1. The monoisotopic (exact) mass is 309 g/mol. The van der Waals surface area contributed by atoms with E-state index < -0.39 is 0 Å². The molecular formula is C16H20ClNOS. The third kappa shape index (κ3) is 4.58. The minimum absolute atomic E-state index is 0.0886. The van der Waals surface area contributed by atoms with Crippen molar-refractivity contribution >= 4 is 23.4 Å². The summed E-state index contributed by atoms with van der Waals surface area (Å²) in [5.41, 5.74) is 1.31. The predicted molar refractivity (Wildman–Crippen MR) is 86.3 cm³/mol. The Morgan fingerprint density at radius 2 is 2.00 bits per heavy atom. The van der Waals surface area contributed by atoms with E-state index in [1.54, 1.807) is 18.0 Å². The van der Waals surface area contributed by atoms with Crippen LogP contribution in [0.15, 0.2) is 45.9 Å². The van der Waals surface area contributed by atoms with Crippen LogP contribution in [0, 0.1) is 0 Å². The average Bonchev–Trinajstić information content (AvgIpc) is 2.87. The molecule has 0 spiro atoms. The first-order valence-corrected chi connectivity index (χ1v) is 8.00.